The van der Waals surface area contributed by atoms with Crippen molar-refractivity contribution in [3.8, 4) is 12.3 Å². The minimum Gasteiger partial charge on any atom is -0.330 e. The lowest BCUT2D eigenvalue weighted by molar-refractivity contribution is 0.182. The minimum atomic E-state index is 0.768. The Bertz CT molecular complexity index is 192. The highest BCUT2D eigenvalue weighted by atomic mass is 14.6. The van der Waals surface area contributed by atoms with Gasteiger partial charge in [0.25, 0.3) is 0 Å². The molecule has 1 rings (SSSR count). The van der Waals surface area contributed by atoms with Crippen LogP contribution in [0.3, 0.4) is 0 Å². The van der Waals surface area contributed by atoms with E-state index >= 15 is 0 Å². The molecule has 3 unspecified atom stereocenters. The molecule has 1 heteroatoms. The molecular formula is C13H23N. The van der Waals surface area contributed by atoms with E-state index < -0.39 is 0 Å². The van der Waals surface area contributed by atoms with Gasteiger partial charge in [-0.2, -0.15) is 0 Å². The van der Waals surface area contributed by atoms with E-state index in [1.165, 1.54) is 32.1 Å². The van der Waals surface area contributed by atoms with Gasteiger partial charge in [-0.25, -0.2) is 0 Å². The second-order valence-corrected chi connectivity index (χ2v) is 4.77. The largest absolute Gasteiger partial charge is 0.330 e. The maximum atomic E-state index is 5.80. The van der Waals surface area contributed by atoms with Gasteiger partial charge in [0.2, 0.25) is 0 Å². The van der Waals surface area contributed by atoms with E-state index in [4.69, 9.17) is 12.2 Å². The van der Waals surface area contributed by atoms with E-state index in [1.807, 2.05) is 0 Å². The molecule has 80 valence electrons. The molecule has 2 N–H and O–H groups in total. The molecule has 0 radical (unpaired) electrons. The highest BCUT2D eigenvalue weighted by molar-refractivity contribution is 4.85. The van der Waals surface area contributed by atoms with Gasteiger partial charge in [-0.3, -0.25) is 0 Å². The van der Waals surface area contributed by atoms with Crippen LogP contribution in [0.25, 0.3) is 0 Å². The predicted molar refractivity (Wildman–Crippen MR) is 61.7 cm³/mol. The Morgan fingerprint density at radius 1 is 1.36 bits per heavy atom. The third-order valence-corrected chi connectivity index (χ3v) is 3.60. The molecule has 1 aliphatic rings. The molecule has 1 saturated carbocycles. The average molecular weight is 193 g/mol. The Balaban J connectivity index is 2.33. The fraction of sp³-hybridized carbons (Fsp3) is 0.846. The molecule has 0 amide bonds. The van der Waals surface area contributed by atoms with Gasteiger partial charge >= 0.3 is 0 Å². The van der Waals surface area contributed by atoms with Gasteiger partial charge in [0.1, 0.15) is 0 Å². The van der Waals surface area contributed by atoms with Crippen molar-refractivity contribution < 1.29 is 0 Å². The van der Waals surface area contributed by atoms with Gasteiger partial charge in [-0.1, -0.05) is 13.3 Å². The van der Waals surface area contributed by atoms with Crippen LogP contribution in [-0.4, -0.2) is 6.54 Å². The third-order valence-electron chi connectivity index (χ3n) is 3.60. The van der Waals surface area contributed by atoms with Gasteiger partial charge in [-0.15, -0.1) is 12.3 Å². The summed E-state index contributed by atoms with van der Waals surface area (Å²) in [6.45, 7) is 3.23. The maximum absolute atomic E-state index is 5.80. The number of nitrogens with two attached hydrogens (primary N) is 1. The Kier molecular flexibility index (Phi) is 5.04. The molecule has 0 heterocycles. The van der Waals surface area contributed by atoms with E-state index in [-0.39, 0.29) is 0 Å². The van der Waals surface area contributed by atoms with E-state index in [1.54, 1.807) is 0 Å². The topological polar surface area (TPSA) is 26.0 Å². The van der Waals surface area contributed by atoms with E-state index in [2.05, 4.69) is 12.8 Å². The molecule has 0 saturated heterocycles. The molecule has 0 bridgehead atoms. The summed E-state index contributed by atoms with van der Waals surface area (Å²) in [6.07, 6.45) is 12.7. The number of hydrogen-bond acceptors (Lipinski definition) is 1. The van der Waals surface area contributed by atoms with Gasteiger partial charge in [0.15, 0.2) is 0 Å². The lowest BCUT2D eigenvalue weighted by Gasteiger charge is -2.34. The van der Waals surface area contributed by atoms with Gasteiger partial charge in [-0.05, 0) is 50.0 Å². The molecule has 0 spiro atoms. The summed E-state index contributed by atoms with van der Waals surface area (Å²) in [4.78, 5) is 0. The quantitative estimate of drug-likeness (QED) is 0.539. The smallest absolute Gasteiger partial charge is 0.00861 e. The maximum Gasteiger partial charge on any atom is 0.00861 e. The zero-order valence-corrected chi connectivity index (χ0v) is 9.34. The zero-order chi connectivity index (χ0) is 10.4. The molecule has 14 heavy (non-hydrogen) atoms. The summed E-state index contributed by atoms with van der Waals surface area (Å²) in [5, 5.41) is 0. The van der Waals surface area contributed by atoms with Crippen LogP contribution in [0.4, 0.5) is 0 Å². The Morgan fingerprint density at radius 3 is 2.79 bits per heavy atom. The normalized spacial score (nSPS) is 32.5. The van der Waals surface area contributed by atoms with Crippen LogP contribution in [0.5, 0.6) is 0 Å². The van der Waals surface area contributed by atoms with Crippen molar-refractivity contribution in [2.45, 2.75) is 45.4 Å². The molecule has 0 aromatic rings. The van der Waals surface area contributed by atoms with Crippen molar-refractivity contribution in [2.24, 2.45) is 23.5 Å². The molecular weight excluding hydrogens is 170 g/mol. The average Bonchev–Trinajstić information content (AvgIpc) is 2.19. The minimum absolute atomic E-state index is 0.768. The Hall–Kier alpha value is -0.480. The van der Waals surface area contributed by atoms with Crippen molar-refractivity contribution >= 4 is 0 Å². The second kappa shape index (κ2) is 6.09. The summed E-state index contributed by atoms with van der Waals surface area (Å²) in [7, 11) is 0. The number of terminal acetylenes is 1. The summed E-state index contributed by atoms with van der Waals surface area (Å²) in [6, 6.07) is 0. The Labute approximate surface area is 88.5 Å². The third kappa shape index (κ3) is 3.35. The summed E-state index contributed by atoms with van der Waals surface area (Å²) < 4.78 is 0. The van der Waals surface area contributed by atoms with Crippen LogP contribution < -0.4 is 5.73 Å². The summed E-state index contributed by atoms with van der Waals surface area (Å²) in [5.41, 5.74) is 5.80. The van der Waals surface area contributed by atoms with Gasteiger partial charge in [0.05, 0.1) is 0 Å². The standard InChI is InChI=1S/C13H23N/c1-3-4-5-6-12-9-11(2)7-8-13(12)10-14/h1,11-13H,4-10,14H2,2H3. The molecule has 1 fully saturated rings. The molecule has 3 atom stereocenters. The van der Waals surface area contributed by atoms with Crippen molar-refractivity contribution in [3.63, 3.8) is 0 Å². The molecule has 1 nitrogen and oxygen atoms in total. The first-order valence-corrected chi connectivity index (χ1v) is 5.91. The summed E-state index contributed by atoms with van der Waals surface area (Å²) in [5.74, 6) is 5.23. The first-order valence-electron chi connectivity index (χ1n) is 5.91. The van der Waals surface area contributed by atoms with E-state index in [9.17, 15) is 0 Å². The van der Waals surface area contributed by atoms with Crippen LogP contribution in [0, 0.1) is 30.1 Å². The van der Waals surface area contributed by atoms with Crippen molar-refractivity contribution in [2.75, 3.05) is 6.54 Å². The van der Waals surface area contributed by atoms with Gasteiger partial charge < -0.3 is 5.73 Å². The van der Waals surface area contributed by atoms with Crippen LogP contribution in [0.15, 0.2) is 0 Å². The molecule has 0 aliphatic heterocycles. The van der Waals surface area contributed by atoms with Crippen molar-refractivity contribution in [1.29, 1.82) is 0 Å². The number of hydrogen-bond donors (Lipinski definition) is 1. The highest BCUT2D eigenvalue weighted by Gasteiger charge is 2.26. The lowest BCUT2D eigenvalue weighted by Crippen LogP contribution is -2.29. The molecule has 0 aromatic heterocycles. The molecule has 0 aromatic carbocycles. The Morgan fingerprint density at radius 2 is 2.14 bits per heavy atom. The predicted octanol–water partition coefficient (Wildman–Crippen LogP) is 2.80. The highest BCUT2D eigenvalue weighted by Crippen LogP contribution is 2.35. The van der Waals surface area contributed by atoms with Crippen molar-refractivity contribution in [3.05, 3.63) is 0 Å². The van der Waals surface area contributed by atoms with Crippen molar-refractivity contribution in [1.82, 2.24) is 0 Å². The van der Waals surface area contributed by atoms with Crippen LogP contribution in [0.2, 0.25) is 0 Å². The van der Waals surface area contributed by atoms with Crippen LogP contribution in [-0.2, 0) is 0 Å². The fourth-order valence-electron chi connectivity index (χ4n) is 2.69. The first kappa shape index (κ1) is 11.6. The number of unbranched alkanes of at least 4 members (excludes halogenated alkanes) is 1. The van der Waals surface area contributed by atoms with E-state index in [0.717, 1.165) is 30.7 Å². The first-order chi connectivity index (χ1) is 6.77. The zero-order valence-electron chi connectivity index (χ0n) is 9.34. The summed E-state index contributed by atoms with van der Waals surface area (Å²) >= 11 is 0. The van der Waals surface area contributed by atoms with E-state index in [0.29, 0.717) is 0 Å². The molecule has 1 aliphatic carbocycles. The fourth-order valence-corrected chi connectivity index (χ4v) is 2.69. The monoisotopic (exact) mass is 193 g/mol. The SMILES string of the molecule is C#CCCCC1CC(C)CCC1CN. The lowest BCUT2D eigenvalue weighted by atomic mass is 9.73. The second-order valence-electron chi connectivity index (χ2n) is 4.77. The van der Waals surface area contributed by atoms with Gasteiger partial charge in [0, 0.05) is 6.42 Å². The van der Waals surface area contributed by atoms with Crippen LogP contribution in [0.1, 0.15) is 45.4 Å². The number of rotatable bonds is 4. The van der Waals surface area contributed by atoms with Crippen LogP contribution >= 0.6 is 0 Å².